The molecule has 0 amide bonds. The van der Waals surface area contributed by atoms with Gasteiger partial charge >= 0.3 is 11.9 Å². The second kappa shape index (κ2) is 6.92. The van der Waals surface area contributed by atoms with Gasteiger partial charge in [0.15, 0.2) is 0 Å². The maximum absolute atomic E-state index is 11.8. The molecule has 0 spiro atoms. The molecule has 21 heavy (non-hydrogen) atoms. The van der Waals surface area contributed by atoms with Crippen LogP contribution in [0.5, 0.6) is 0 Å². The number of halogens is 1. The summed E-state index contributed by atoms with van der Waals surface area (Å²) in [7, 11) is 1.39. The summed E-state index contributed by atoms with van der Waals surface area (Å²) in [6.07, 6.45) is 6.20. The van der Waals surface area contributed by atoms with Crippen LogP contribution in [0.2, 0.25) is 0 Å². The fourth-order valence-corrected chi connectivity index (χ4v) is 3.53. The molecule has 2 rings (SSSR count). The van der Waals surface area contributed by atoms with E-state index in [1.807, 2.05) is 6.08 Å². The molecule has 0 radical (unpaired) electrons. The lowest BCUT2D eigenvalue weighted by molar-refractivity contribution is -0.149. The zero-order valence-corrected chi connectivity index (χ0v) is 14.1. The molecule has 2 heterocycles. The average Bonchev–Trinajstić information content (AvgIpc) is 3.05. The Hall–Kier alpha value is -0.880. The van der Waals surface area contributed by atoms with Gasteiger partial charge in [-0.2, -0.15) is 0 Å². The van der Waals surface area contributed by atoms with Crippen molar-refractivity contribution in [3.63, 3.8) is 0 Å². The monoisotopic (exact) mass is 359 g/mol. The number of alkyl halides is 1. The van der Waals surface area contributed by atoms with Crippen LogP contribution in [0.3, 0.4) is 0 Å². The smallest absolute Gasteiger partial charge is 0.334 e. The van der Waals surface area contributed by atoms with E-state index >= 15 is 0 Å². The van der Waals surface area contributed by atoms with Crippen LogP contribution in [-0.2, 0) is 19.1 Å². The molecule has 5 nitrogen and oxygen atoms in total. The summed E-state index contributed by atoms with van der Waals surface area (Å²) in [5, 5.41) is 4.22. The number of rotatable bonds is 6. The summed E-state index contributed by atoms with van der Waals surface area (Å²) < 4.78 is 10.5. The van der Waals surface area contributed by atoms with Crippen molar-refractivity contribution in [2.45, 2.75) is 56.7 Å². The van der Waals surface area contributed by atoms with Crippen LogP contribution in [-0.4, -0.2) is 42.1 Å². The lowest BCUT2D eigenvalue weighted by Crippen LogP contribution is -2.50. The van der Waals surface area contributed by atoms with Gasteiger partial charge in [-0.25, -0.2) is 4.79 Å². The van der Waals surface area contributed by atoms with Crippen LogP contribution in [0, 0.1) is 0 Å². The van der Waals surface area contributed by atoms with Crippen molar-refractivity contribution in [2.24, 2.45) is 0 Å². The number of cyclic esters (lactones) is 1. The standard InChI is InChI=1S/C15H22BrNO4/c1-10-9-15(21-13(10)18,7-3-4-8-16)12-6-5-11(17-12)14(19)20-2/h9,11-12,17H,3-8H2,1-2H3/t11-,12+,15-/m0/s1. The van der Waals surface area contributed by atoms with Gasteiger partial charge in [0.2, 0.25) is 0 Å². The number of nitrogens with one attached hydrogen (secondary N) is 1. The molecule has 1 fully saturated rings. The molecular weight excluding hydrogens is 338 g/mol. The maximum atomic E-state index is 11.8. The fraction of sp³-hybridized carbons (Fsp3) is 0.733. The molecule has 1 saturated heterocycles. The number of unbranched alkanes of at least 4 members (excludes halogenated alkanes) is 1. The van der Waals surface area contributed by atoms with E-state index in [2.05, 4.69) is 21.2 Å². The zero-order valence-electron chi connectivity index (χ0n) is 12.5. The first-order valence-corrected chi connectivity index (χ1v) is 8.47. The Labute approximate surface area is 133 Å². The number of hydrogen-bond donors (Lipinski definition) is 1. The SMILES string of the molecule is COC(=O)[C@@H]1CC[C@H]([C@]2(CCCCBr)C=C(C)C(=O)O2)N1. The predicted molar refractivity (Wildman–Crippen MR) is 82.2 cm³/mol. The van der Waals surface area contributed by atoms with Crippen molar-refractivity contribution < 1.29 is 19.1 Å². The predicted octanol–water partition coefficient (Wildman–Crippen LogP) is 2.09. The van der Waals surface area contributed by atoms with Crippen molar-refractivity contribution in [2.75, 3.05) is 12.4 Å². The van der Waals surface area contributed by atoms with E-state index in [4.69, 9.17) is 9.47 Å². The van der Waals surface area contributed by atoms with Crippen molar-refractivity contribution in [3.05, 3.63) is 11.6 Å². The molecule has 0 aromatic heterocycles. The van der Waals surface area contributed by atoms with Crippen LogP contribution in [0.15, 0.2) is 11.6 Å². The zero-order chi connectivity index (χ0) is 15.5. The average molecular weight is 360 g/mol. The molecule has 0 bridgehead atoms. The summed E-state index contributed by atoms with van der Waals surface area (Å²) in [5.74, 6) is -0.504. The number of esters is 2. The van der Waals surface area contributed by atoms with E-state index in [0.717, 1.165) is 31.0 Å². The Morgan fingerprint density at radius 1 is 1.52 bits per heavy atom. The van der Waals surface area contributed by atoms with Crippen LogP contribution in [0.25, 0.3) is 0 Å². The molecule has 2 aliphatic heterocycles. The Morgan fingerprint density at radius 2 is 2.29 bits per heavy atom. The lowest BCUT2D eigenvalue weighted by atomic mass is 9.87. The fourth-order valence-electron chi connectivity index (χ4n) is 3.13. The topological polar surface area (TPSA) is 64.6 Å². The Balaban J connectivity index is 2.10. The highest BCUT2D eigenvalue weighted by atomic mass is 79.9. The number of carbonyl (C=O) groups is 2. The van der Waals surface area contributed by atoms with E-state index < -0.39 is 5.60 Å². The summed E-state index contributed by atoms with van der Waals surface area (Å²) in [4.78, 5) is 23.5. The molecule has 0 aromatic carbocycles. The first-order valence-electron chi connectivity index (χ1n) is 7.35. The first-order chi connectivity index (χ1) is 10.0. The van der Waals surface area contributed by atoms with E-state index in [0.29, 0.717) is 12.0 Å². The highest BCUT2D eigenvalue weighted by Crippen LogP contribution is 2.37. The number of methoxy groups -OCH3 is 1. The minimum atomic E-state index is -0.619. The molecule has 0 saturated carbocycles. The molecule has 6 heteroatoms. The molecule has 0 unspecified atom stereocenters. The molecule has 0 aromatic rings. The van der Waals surface area contributed by atoms with E-state index in [9.17, 15) is 9.59 Å². The normalized spacial score (nSPS) is 32.0. The maximum Gasteiger partial charge on any atom is 0.334 e. The van der Waals surface area contributed by atoms with Gasteiger partial charge in [0, 0.05) is 10.9 Å². The van der Waals surface area contributed by atoms with Crippen LogP contribution in [0.1, 0.15) is 39.0 Å². The second-order valence-electron chi connectivity index (χ2n) is 5.69. The van der Waals surface area contributed by atoms with Crippen molar-refractivity contribution in [1.82, 2.24) is 5.32 Å². The Bertz CT molecular complexity index is 451. The first kappa shape index (κ1) is 16.5. The van der Waals surface area contributed by atoms with Gasteiger partial charge in [0.25, 0.3) is 0 Å². The highest BCUT2D eigenvalue weighted by Gasteiger charge is 2.48. The van der Waals surface area contributed by atoms with Crippen LogP contribution >= 0.6 is 15.9 Å². The minimum absolute atomic E-state index is 0.0293. The Kier molecular flexibility index (Phi) is 5.43. The van der Waals surface area contributed by atoms with Crippen molar-refractivity contribution in [3.8, 4) is 0 Å². The third-order valence-corrected chi connectivity index (χ3v) is 4.80. The molecule has 2 aliphatic rings. The van der Waals surface area contributed by atoms with Gasteiger partial charge < -0.3 is 9.47 Å². The third-order valence-electron chi connectivity index (χ3n) is 4.24. The quantitative estimate of drug-likeness (QED) is 0.446. The van der Waals surface area contributed by atoms with Gasteiger partial charge in [0.05, 0.1) is 13.2 Å². The van der Waals surface area contributed by atoms with Gasteiger partial charge in [-0.3, -0.25) is 10.1 Å². The van der Waals surface area contributed by atoms with Crippen molar-refractivity contribution in [1.29, 1.82) is 0 Å². The molecule has 0 aliphatic carbocycles. The second-order valence-corrected chi connectivity index (χ2v) is 6.48. The largest absolute Gasteiger partial charge is 0.468 e. The summed E-state index contributed by atoms with van der Waals surface area (Å²) in [5.41, 5.74) is 0.0312. The highest BCUT2D eigenvalue weighted by molar-refractivity contribution is 9.09. The summed E-state index contributed by atoms with van der Waals surface area (Å²) in [6.45, 7) is 1.78. The van der Waals surface area contributed by atoms with Crippen LogP contribution < -0.4 is 5.32 Å². The number of hydrogen-bond acceptors (Lipinski definition) is 5. The molecule has 3 atom stereocenters. The van der Waals surface area contributed by atoms with E-state index in [1.54, 1.807) is 6.92 Å². The molecule has 118 valence electrons. The molecular formula is C15H22BrNO4. The summed E-state index contributed by atoms with van der Waals surface area (Å²) >= 11 is 3.42. The van der Waals surface area contributed by atoms with Gasteiger partial charge in [-0.05, 0) is 45.1 Å². The third kappa shape index (κ3) is 3.48. The van der Waals surface area contributed by atoms with Gasteiger partial charge in [-0.1, -0.05) is 15.9 Å². The lowest BCUT2D eigenvalue weighted by Gasteiger charge is -2.33. The Morgan fingerprint density at radius 3 is 2.86 bits per heavy atom. The molecule has 1 N–H and O–H groups in total. The van der Waals surface area contributed by atoms with Crippen molar-refractivity contribution >= 4 is 27.9 Å². The summed E-state index contributed by atoms with van der Waals surface area (Å²) in [6, 6.07) is -0.334. The van der Waals surface area contributed by atoms with Gasteiger partial charge in [-0.15, -0.1) is 0 Å². The van der Waals surface area contributed by atoms with Crippen LogP contribution in [0.4, 0.5) is 0 Å². The minimum Gasteiger partial charge on any atom is -0.468 e. The van der Waals surface area contributed by atoms with E-state index in [1.165, 1.54) is 7.11 Å². The van der Waals surface area contributed by atoms with Gasteiger partial charge in [0.1, 0.15) is 11.6 Å². The van der Waals surface area contributed by atoms with E-state index in [-0.39, 0.29) is 24.0 Å². The number of ether oxygens (including phenoxy) is 2. The number of carbonyl (C=O) groups excluding carboxylic acids is 2.